The van der Waals surface area contributed by atoms with Crippen LogP contribution in [0.2, 0.25) is 0 Å². The van der Waals surface area contributed by atoms with Gasteiger partial charge in [-0.25, -0.2) is 14.6 Å². The minimum atomic E-state index is -0.985. The van der Waals surface area contributed by atoms with Gasteiger partial charge in [0, 0.05) is 38.2 Å². The van der Waals surface area contributed by atoms with Gasteiger partial charge in [0.2, 0.25) is 11.8 Å². The van der Waals surface area contributed by atoms with Crippen LogP contribution in [0.25, 0.3) is 0 Å². The van der Waals surface area contributed by atoms with Crippen LogP contribution in [-0.2, 0) is 36.9 Å². The topological polar surface area (TPSA) is 159 Å². The maximum atomic E-state index is 13.6. The molecule has 0 bridgehead atoms. The Morgan fingerprint density at radius 3 is 1.91 bits per heavy atom. The molecule has 0 aliphatic rings. The summed E-state index contributed by atoms with van der Waals surface area (Å²) in [6, 6.07) is 14.7. The van der Waals surface area contributed by atoms with E-state index in [1.54, 1.807) is 20.8 Å². The van der Waals surface area contributed by atoms with Gasteiger partial charge < -0.3 is 25.6 Å². The summed E-state index contributed by atoms with van der Waals surface area (Å²) in [6.07, 6.45) is 2.47. The van der Waals surface area contributed by atoms with Crippen LogP contribution in [-0.4, -0.2) is 79.0 Å². The highest BCUT2D eigenvalue weighted by molar-refractivity contribution is 5.91. The van der Waals surface area contributed by atoms with E-state index >= 15 is 0 Å². The standard InChI is InChI=1S/C32H48N4O8/c1-5-6-10-17-33-29(37)27(23-25-13-15-26(16-14-25)36(18-20-42-40)19-21-43-41)34-30(38)28(22-24-11-8-7-9-12-24)35-31(39)44-32(2,3)4/h7-9,11-16,27-28,40-41H,5-6,10,17-23H2,1-4H3,(H,33,37)(H,34,38)(H,35,39). The van der Waals surface area contributed by atoms with E-state index in [1.165, 1.54) is 0 Å². The van der Waals surface area contributed by atoms with E-state index in [2.05, 4.69) is 32.6 Å². The number of rotatable bonds is 19. The summed E-state index contributed by atoms with van der Waals surface area (Å²) >= 11 is 0. The summed E-state index contributed by atoms with van der Waals surface area (Å²) in [4.78, 5) is 49.9. The number of hydrogen-bond donors (Lipinski definition) is 5. The van der Waals surface area contributed by atoms with Crippen molar-refractivity contribution < 1.29 is 39.4 Å². The van der Waals surface area contributed by atoms with Crippen molar-refractivity contribution >= 4 is 23.6 Å². The lowest BCUT2D eigenvalue weighted by atomic mass is 10.0. The first-order valence-corrected chi connectivity index (χ1v) is 15.0. The van der Waals surface area contributed by atoms with E-state index in [0.717, 1.165) is 36.1 Å². The van der Waals surface area contributed by atoms with Crippen molar-refractivity contribution in [1.29, 1.82) is 0 Å². The first-order chi connectivity index (χ1) is 21.1. The summed E-state index contributed by atoms with van der Waals surface area (Å²) in [7, 11) is 0. The molecule has 2 aromatic carbocycles. The van der Waals surface area contributed by atoms with Crippen molar-refractivity contribution in [2.24, 2.45) is 0 Å². The third kappa shape index (κ3) is 14.2. The summed E-state index contributed by atoms with van der Waals surface area (Å²) in [5.74, 6) is -0.833. The van der Waals surface area contributed by atoms with Gasteiger partial charge in [0.25, 0.3) is 0 Å². The summed E-state index contributed by atoms with van der Waals surface area (Å²) in [6.45, 7) is 8.60. The highest BCUT2D eigenvalue weighted by Gasteiger charge is 2.29. The molecule has 12 heteroatoms. The number of nitrogens with zero attached hydrogens (tertiary/aromatic N) is 1. The maximum absolute atomic E-state index is 13.6. The van der Waals surface area contributed by atoms with E-state index in [-0.39, 0.29) is 32.0 Å². The molecular formula is C32H48N4O8. The van der Waals surface area contributed by atoms with Gasteiger partial charge in [-0.2, -0.15) is 0 Å². The summed E-state index contributed by atoms with van der Waals surface area (Å²) < 4.78 is 5.40. The molecule has 0 radical (unpaired) electrons. The molecule has 0 aromatic heterocycles. The molecule has 3 amide bonds. The quantitative estimate of drug-likeness (QED) is 0.0895. The van der Waals surface area contributed by atoms with Crippen molar-refractivity contribution in [3.05, 3.63) is 65.7 Å². The van der Waals surface area contributed by atoms with Gasteiger partial charge in [0.05, 0.1) is 13.2 Å². The van der Waals surface area contributed by atoms with Crippen molar-refractivity contribution in [3.63, 3.8) is 0 Å². The van der Waals surface area contributed by atoms with E-state index in [1.807, 2.05) is 59.5 Å². The Bertz CT molecular complexity index is 1120. The van der Waals surface area contributed by atoms with Crippen LogP contribution >= 0.6 is 0 Å². The number of amides is 3. The smallest absolute Gasteiger partial charge is 0.408 e. The lowest BCUT2D eigenvalue weighted by Crippen LogP contribution is -2.55. The molecule has 244 valence electrons. The predicted molar refractivity (Wildman–Crippen MR) is 167 cm³/mol. The zero-order valence-corrected chi connectivity index (χ0v) is 26.2. The van der Waals surface area contributed by atoms with Crippen LogP contribution in [0, 0.1) is 0 Å². The Morgan fingerprint density at radius 2 is 1.36 bits per heavy atom. The number of benzene rings is 2. The summed E-state index contributed by atoms with van der Waals surface area (Å²) in [5, 5.41) is 26.0. The van der Waals surface area contributed by atoms with Gasteiger partial charge in [0.1, 0.15) is 17.7 Å². The SMILES string of the molecule is CCCCCNC(=O)C(Cc1ccc(N(CCOO)CCOO)cc1)NC(=O)C(Cc1ccccc1)NC(=O)OC(C)(C)C. The van der Waals surface area contributed by atoms with Gasteiger partial charge in [-0.15, -0.1) is 0 Å². The van der Waals surface area contributed by atoms with Crippen LogP contribution < -0.4 is 20.9 Å². The number of hydrogen-bond acceptors (Lipinski definition) is 9. The highest BCUT2D eigenvalue weighted by atomic mass is 17.1. The average molecular weight is 617 g/mol. The van der Waals surface area contributed by atoms with E-state index in [0.29, 0.717) is 19.6 Å². The second kappa shape index (κ2) is 19.5. The number of carbonyl (C=O) groups is 3. The maximum Gasteiger partial charge on any atom is 0.408 e. The van der Waals surface area contributed by atoms with E-state index in [4.69, 9.17) is 15.3 Å². The molecule has 0 spiro atoms. The first-order valence-electron chi connectivity index (χ1n) is 15.0. The molecule has 0 saturated carbocycles. The number of ether oxygens (including phenoxy) is 1. The fourth-order valence-corrected chi connectivity index (χ4v) is 4.45. The molecule has 2 rings (SSSR count). The van der Waals surface area contributed by atoms with Crippen molar-refractivity contribution in [1.82, 2.24) is 16.0 Å². The van der Waals surface area contributed by atoms with Gasteiger partial charge in [-0.1, -0.05) is 62.2 Å². The Labute approximate surface area is 259 Å². The highest BCUT2D eigenvalue weighted by Crippen LogP contribution is 2.17. The average Bonchev–Trinajstić information content (AvgIpc) is 2.98. The van der Waals surface area contributed by atoms with Crippen LogP contribution in [0.5, 0.6) is 0 Å². The normalized spacial score (nSPS) is 12.6. The molecule has 5 N–H and O–H groups in total. The van der Waals surface area contributed by atoms with Gasteiger partial charge in [-0.3, -0.25) is 20.1 Å². The Hall–Kier alpha value is -3.71. The zero-order chi connectivity index (χ0) is 32.4. The van der Waals surface area contributed by atoms with Gasteiger partial charge in [0.15, 0.2) is 0 Å². The minimum absolute atomic E-state index is 0.0565. The minimum Gasteiger partial charge on any atom is -0.444 e. The largest absolute Gasteiger partial charge is 0.444 e. The van der Waals surface area contributed by atoms with Gasteiger partial charge in [-0.05, 0) is 50.5 Å². The van der Waals surface area contributed by atoms with E-state index in [9.17, 15) is 14.4 Å². The third-order valence-corrected chi connectivity index (χ3v) is 6.65. The molecule has 0 aliphatic carbocycles. The molecule has 2 aromatic rings. The Balaban J connectivity index is 2.26. The second-order valence-corrected chi connectivity index (χ2v) is 11.5. The number of unbranched alkanes of at least 4 members (excludes halogenated alkanes) is 2. The number of anilines is 1. The third-order valence-electron chi connectivity index (χ3n) is 6.65. The Morgan fingerprint density at radius 1 is 0.795 bits per heavy atom. The van der Waals surface area contributed by atoms with Crippen molar-refractivity contribution in [3.8, 4) is 0 Å². The fraction of sp³-hybridized carbons (Fsp3) is 0.531. The monoisotopic (exact) mass is 616 g/mol. The van der Waals surface area contributed by atoms with Crippen molar-refractivity contribution in [2.45, 2.75) is 77.5 Å². The zero-order valence-electron chi connectivity index (χ0n) is 26.2. The number of nitrogens with one attached hydrogen (secondary N) is 3. The molecule has 44 heavy (non-hydrogen) atoms. The molecule has 0 aliphatic heterocycles. The van der Waals surface area contributed by atoms with Gasteiger partial charge >= 0.3 is 6.09 Å². The molecule has 2 atom stereocenters. The van der Waals surface area contributed by atoms with Crippen molar-refractivity contribution in [2.75, 3.05) is 37.7 Å². The van der Waals surface area contributed by atoms with Crippen LogP contribution in [0.1, 0.15) is 58.1 Å². The molecule has 0 saturated heterocycles. The predicted octanol–water partition coefficient (Wildman–Crippen LogP) is 3.94. The number of carbonyl (C=O) groups excluding carboxylic acids is 3. The number of alkyl carbamates (subject to hydrolysis) is 1. The molecule has 0 fully saturated rings. The van der Waals surface area contributed by atoms with Crippen LogP contribution in [0.15, 0.2) is 54.6 Å². The molecular weight excluding hydrogens is 568 g/mol. The lowest BCUT2D eigenvalue weighted by Gasteiger charge is -2.26. The Kier molecular flexibility index (Phi) is 16.2. The van der Waals surface area contributed by atoms with E-state index < -0.39 is 29.7 Å². The summed E-state index contributed by atoms with van der Waals surface area (Å²) in [5.41, 5.74) is 1.66. The lowest BCUT2D eigenvalue weighted by molar-refractivity contribution is -0.243. The first kappa shape index (κ1) is 36.5. The van der Waals surface area contributed by atoms with Crippen LogP contribution in [0.4, 0.5) is 10.5 Å². The second-order valence-electron chi connectivity index (χ2n) is 11.5. The molecule has 12 nitrogen and oxygen atoms in total. The molecule has 2 unspecified atom stereocenters. The van der Waals surface area contributed by atoms with Crippen LogP contribution in [0.3, 0.4) is 0 Å². The molecule has 0 heterocycles. The fourth-order valence-electron chi connectivity index (χ4n) is 4.45.